The van der Waals surface area contributed by atoms with Crippen LogP contribution >= 0.6 is 0 Å². The number of carbonyl (C=O) groups is 2. The maximum Gasteiger partial charge on any atom is 0.255 e. The predicted octanol–water partition coefficient (Wildman–Crippen LogP) is 4.72. The number of carbonyl (C=O) groups excluding carboxylic acids is 2. The molecular weight excluding hydrogens is 424 g/mol. The van der Waals surface area contributed by atoms with Crippen LogP contribution in [0.2, 0.25) is 0 Å². The summed E-state index contributed by atoms with van der Waals surface area (Å²) in [7, 11) is -3.50. The van der Waals surface area contributed by atoms with Crippen molar-refractivity contribution in [3.8, 4) is 0 Å². The topological polar surface area (TPSA) is 83.6 Å². The molecule has 0 radical (unpaired) electrons. The van der Waals surface area contributed by atoms with Crippen LogP contribution in [0, 0.1) is 13.8 Å². The largest absolute Gasteiger partial charge is 0.322 e. The molecule has 0 atom stereocenters. The summed E-state index contributed by atoms with van der Waals surface area (Å²) in [6.07, 6.45) is 1.18. The van der Waals surface area contributed by atoms with Gasteiger partial charge in [-0.2, -0.15) is 0 Å². The Morgan fingerprint density at radius 3 is 2.16 bits per heavy atom. The maximum absolute atomic E-state index is 12.6. The lowest BCUT2D eigenvalue weighted by Crippen LogP contribution is -2.29. The van der Waals surface area contributed by atoms with E-state index >= 15 is 0 Å². The molecule has 166 valence electrons. The summed E-state index contributed by atoms with van der Waals surface area (Å²) in [5.74, 6) is -0.393. The summed E-state index contributed by atoms with van der Waals surface area (Å²) in [5.41, 5.74) is 4.93. The first kappa shape index (κ1) is 23.2. The van der Waals surface area contributed by atoms with Crippen molar-refractivity contribution in [2.24, 2.45) is 0 Å². The summed E-state index contributed by atoms with van der Waals surface area (Å²) in [4.78, 5) is 24.1. The number of anilines is 2. The first-order valence-electron chi connectivity index (χ1n) is 10.1. The molecule has 3 aromatic carbocycles. The van der Waals surface area contributed by atoms with E-state index in [2.05, 4.69) is 5.32 Å². The highest BCUT2D eigenvalue weighted by Crippen LogP contribution is 2.24. The van der Waals surface area contributed by atoms with Gasteiger partial charge in [0.2, 0.25) is 10.0 Å². The molecule has 3 rings (SSSR count). The lowest BCUT2D eigenvalue weighted by molar-refractivity contribution is 0.101. The lowest BCUT2D eigenvalue weighted by atomic mass is 10.1. The van der Waals surface area contributed by atoms with Gasteiger partial charge in [-0.15, -0.1) is 0 Å². The number of benzene rings is 3. The van der Waals surface area contributed by atoms with Crippen LogP contribution < -0.4 is 9.62 Å². The molecule has 1 N–H and O–H groups in total. The summed E-state index contributed by atoms with van der Waals surface area (Å²) in [5, 5.41) is 2.78. The van der Waals surface area contributed by atoms with E-state index < -0.39 is 10.0 Å². The molecular formula is C25H26N2O4S. The number of hydrogen-bond donors (Lipinski definition) is 1. The molecule has 0 unspecified atom stereocenters. The monoisotopic (exact) mass is 450 g/mol. The Morgan fingerprint density at radius 2 is 1.56 bits per heavy atom. The van der Waals surface area contributed by atoms with Gasteiger partial charge in [0.05, 0.1) is 18.5 Å². The summed E-state index contributed by atoms with van der Waals surface area (Å²) in [6, 6.07) is 19.1. The minimum absolute atomic E-state index is 0.0790. The highest BCUT2D eigenvalue weighted by molar-refractivity contribution is 7.92. The third kappa shape index (κ3) is 5.62. The minimum Gasteiger partial charge on any atom is -0.322 e. The van der Waals surface area contributed by atoms with Crippen LogP contribution in [0.1, 0.15) is 44.3 Å². The smallest absolute Gasteiger partial charge is 0.255 e. The number of rotatable bonds is 7. The van der Waals surface area contributed by atoms with Crippen molar-refractivity contribution in [1.82, 2.24) is 0 Å². The normalized spacial score (nSPS) is 11.1. The molecule has 0 heterocycles. The molecule has 1 amide bonds. The molecule has 0 bridgehead atoms. The zero-order valence-electron chi connectivity index (χ0n) is 18.5. The van der Waals surface area contributed by atoms with E-state index in [4.69, 9.17) is 0 Å². The van der Waals surface area contributed by atoms with Gasteiger partial charge in [-0.1, -0.05) is 30.3 Å². The molecule has 7 heteroatoms. The van der Waals surface area contributed by atoms with E-state index in [1.165, 1.54) is 17.5 Å². The molecule has 0 saturated carbocycles. The first-order chi connectivity index (χ1) is 15.0. The zero-order chi connectivity index (χ0) is 23.5. The van der Waals surface area contributed by atoms with Crippen molar-refractivity contribution in [2.45, 2.75) is 27.3 Å². The summed E-state index contributed by atoms with van der Waals surface area (Å²) in [6.45, 7) is 5.55. The molecule has 3 aromatic rings. The van der Waals surface area contributed by atoms with Crippen molar-refractivity contribution >= 4 is 33.1 Å². The van der Waals surface area contributed by atoms with Crippen LogP contribution in [0.4, 0.5) is 11.4 Å². The number of hydrogen-bond acceptors (Lipinski definition) is 4. The SMILES string of the molecule is CC(=O)c1cccc(NC(=O)c2ccc(CN(c3ccc(C)c(C)c3)S(C)(=O)=O)cc2)c1. The van der Waals surface area contributed by atoms with Crippen LogP contribution in [0.3, 0.4) is 0 Å². The van der Waals surface area contributed by atoms with Crippen LogP contribution in [0.25, 0.3) is 0 Å². The van der Waals surface area contributed by atoms with Gasteiger partial charge < -0.3 is 5.32 Å². The summed E-state index contributed by atoms with van der Waals surface area (Å²) >= 11 is 0. The fraction of sp³-hybridized carbons (Fsp3) is 0.200. The van der Waals surface area contributed by atoms with Gasteiger partial charge in [0.15, 0.2) is 5.78 Å². The lowest BCUT2D eigenvalue weighted by Gasteiger charge is -2.23. The molecule has 0 aromatic heterocycles. The van der Waals surface area contributed by atoms with Crippen molar-refractivity contribution in [1.29, 1.82) is 0 Å². The van der Waals surface area contributed by atoms with Crippen LogP contribution in [-0.4, -0.2) is 26.4 Å². The standard InChI is InChI=1S/C25H26N2O4S/c1-17-8-13-24(14-18(17)2)27(32(4,30)31)16-20-9-11-21(12-10-20)25(29)26-23-7-5-6-22(15-23)19(3)28/h5-15H,16H2,1-4H3,(H,26,29). The minimum atomic E-state index is -3.50. The quantitative estimate of drug-likeness (QED) is 0.528. The number of nitrogens with zero attached hydrogens (tertiary/aromatic N) is 1. The fourth-order valence-electron chi connectivity index (χ4n) is 3.23. The van der Waals surface area contributed by atoms with Crippen molar-refractivity contribution < 1.29 is 18.0 Å². The highest BCUT2D eigenvalue weighted by atomic mass is 32.2. The predicted molar refractivity (Wildman–Crippen MR) is 128 cm³/mol. The molecule has 0 saturated heterocycles. The van der Waals surface area contributed by atoms with Gasteiger partial charge in [-0.25, -0.2) is 8.42 Å². The number of sulfonamides is 1. The number of Topliss-reactive ketones (excluding diaryl/α,β-unsaturated/α-hetero) is 1. The second-order valence-corrected chi connectivity index (χ2v) is 9.73. The van der Waals surface area contributed by atoms with Crippen molar-refractivity contribution in [3.05, 3.63) is 94.5 Å². The van der Waals surface area contributed by atoms with Gasteiger partial charge in [-0.05, 0) is 73.9 Å². The first-order valence-corrected chi connectivity index (χ1v) is 12.0. The van der Waals surface area contributed by atoms with Gasteiger partial charge in [0.25, 0.3) is 5.91 Å². The second kappa shape index (κ2) is 9.36. The molecule has 0 aliphatic heterocycles. The third-order valence-corrected chi connectivity index (χ3v) is 6.39. The highest BCUT2D eigenvalue weighted by Gasteiger charge is 2.19. The molecule has 32 heavy (non-hydrogen) atoms. The molecule has 0 aliphatic rings. The molecule has 0 aliphatic carbocycles. The Balaban J connectivity index is 1.77. The van der Waals surface area contributed by atoms with Crippen LogP contribution in [0.5, 0.6) is 0 Å². The van der Waals surface area contributed by atoms with Gasteiger partial charge >= 0.3 is 0 Å². The number of aryl methyl sites for hydroxylation is 2. The average Bonchev–Trinajstić information content (AvgIpc) is 2.74. The number of amides is 1. The van der Waals surface area contributed by atoms with Crippen LogP contribution in [-0.2, 0) is 16.6 Å². The Kier molecular flexibility index (Phi) is 6.79. The van der Waals surface area contributed by atoms with E-state index in [1.807, 2.05) is 26.0 Å². The van der Waals surface area contributed by atoms with E-state index in [1.54, 1.807) is 54.6 Å². The zero-order valence-corrected chi connectivity index (χ0v) is 19.4. The van der Waals surface area contributed by atoms with Gasteiger partial charge in [-0.3, -0.25) is 13.9 Å². The number of ketones is 1. The Morgan fingerprint density at radius 1 is 0.875 bits per heavy atom. The second-order valence-electron chi connectivity index (χ2n) is 7.83. The van der Waals surface area contributed by atoms with Gasteiger partial charge in [0, 0.05) is 16.8 Å². The fourth-order valence-corrected chi connectivity index (χ4v) is 4.11. The third-order valence-electron chi connectivity index (χ3n) is 5.25. The van der Waals surface area contributed by atoms with Crippen LogP contribution in [0.15, 0.2) is 66.7 Å². The number of nitrogens with one attached hydrogen (secondary N) is 1. The average molecular weight is 451 g/mol. The van der Waals surface area contributed by atoms with E-state index in [9.17, 15) is 18.0 Å². The molecule has 6 nitrogen and oxygen atoms in total. The van der Waals surface area contributed by atoms with E-state index in [0.29, 0.717) is 22.5 Å². The van der Waals surface area contributed by atoms with Gasteiger partial charge in [0.1, 0.15) is 0 Å². The maximum atomic E-state index is 12.6. The van der Waals surface area contributed by atoms with Crippen molar-refractivity contribution in [2.75, 3.05) is 15.9 Å². The Hall–Kier alpha value is -3.45. The summed E-state index contributed by atoms with van der Waals surface area (Å²) < 4.78 is 26.2. The van der Waals surface area contributed by atoms with E-state index in [-0.39, 0.29) is 18.2 Å². The molecule has 0 fully saturated rings. The molecule has 0 spiro atoms. The Labute approximate surface area is 188 Å². The Bertz CT molecular complexity index is 1270. The van der Waals surface area contributed by atoms with Crippen molar-refractivity contribution in [3.63, 3.8) is 0 Å². The van der Waals surface area contributed by atoms with E-state index in [0.717, 1.165) is 16.7 Å².